The van der Waals surface area contributed by atoms with E-state index < -0.39 is 0 Å². The van der Waals surface area contributed by atoms with Crippen molar-refractivity contribution in [2.75, 3.05) is 11.1 Å². The minimum Gasteiger partial charge on any atom is -0.324 e. The minimum atomic E-state index is -0.381. The summed E-state index contributed by atoms with van der Waals surface area (Å²) < 4.78 is 0. The number of hydrogen-bond donors (Lipinski definition) is 1. The van der Waals surface area contributed by atoms with Gasteiger partial charge in [0, 0.05) is 27.7 Å². The number of aryl methyl sites for hydroxylation is 2. The number of nitrogens with zero attached hydrogens (tertiary/aromatic N) is 1. The van der Waals surface area contributed by atoms with Crippen LogP contribution in [0.1, 0.15) is 30.9 Å². The lowest BCUT2D eigenvalue weighted by atomic mass is 10.2. The number of nitrogens with one attached hydrogen (secondary N) is 1. The highest BCUT2D eigenvalue weighted by Crippen LogP contribution is 2.47. The van der Waals surface area contributed by atoms with E-state index in [1.165, 1.54) is 16.0 Å². The van der Waals surface area contributed by atoms with Gasteiger partial charge in [0.05, 0.1) is 4.87 Å². The standard InChI is InChI=1S/C22H24N2O2S2/c1-14-4-5-15(2)19(12-14)28-17-8-6-16(7-9-17)23-21(26)18-13-27-22(3)11-10-20(25)24(18)22/h4-9,12,18H,10-11,13H2,1-3H3,(H,23,26). The number of carbonyl (C=O) groups is 2. The molecule has 2 saturated heterocycles. The lowest BCUT2D eigenvalue weighted by Gasteiger charge is -2.29. The summed E-state index contributed by atoms with van der Waals surface area (Å²) in [5.74, 6) is 0.656. The van der Waals surface area contributed by atoms with E-state index in [9.17, 15) is 9.59 Å². The molecule has 146 valence electrons. The Morgan fingerprint density at radius 1 is 1.21 bits per heavy atom. The highest BCUT2D eigenvalue weighted by molar-refractivity contribution is 8.01. The molecule has 6 heteroatoms. The lowest BCUT2D eigenvalue weighted by molar-refractivity contribution is -0.135. The van der Waals surface area contributed by atoms with Gasteiger partial charge in [-0.25, -0.2) is 0 Å². The lowest BCUT2D eigenvalue weighted by Crippen LogP contribution is -2.48. The number of thioether (sulfide) groups is 1. The number of fused-ring (bicyclic) bond motifs is 1. The van der Waals surface area contributed by atoms with E-state index in [4.69, 9.17) is 0 Å². The van der Waals surface area contributed by atoms with Gasteiger partial charge in [-0.15, -0.1) is 11.8 Å². The van der Waals surface area contributed by atoms with Gasteiger partial charge in [-0.3, -0.25) is 9.59 Å². The monoisotopic (exact) mass is 412 g/mol. The van der Waals surface area contributed by atoms with E-state index in [0.717, 1.165) is 17.0 Å². The van der Waals surface area contributed by atoms with E-state index in [-0.39, 0.29) is 22.7 Å². The average molecular weight is 413 g/mol. The van der Waals surface area contributed by atoms with Crippen molar-refractivity contribution in [2.24, 2.45) is 0 Å². The Kier molecular flexibility index (Phi) is 5.19. The maximum Gasteiger partial charge on any atom is 0.248 e. The minimum absolute atomic E-state index is 0.0907. The molecule has 2 aromatic carbocycles. The van der Waals surface area contributed by atoms with Crippen molar-refractivity contribution in [1.82, 2.24) is 4.90 Å². The van der Waals surface area contributed by atoms with Gasteiger partial charge in [0.2, 0.25) is 11.8 Å². The highest BCUT2D eigenvalue weighted by Gasteiger charge is 2.52. The largest absolute Gasteiger partial charge is 0.324 e. The van der Waals surface area contributed by atoms with E-state index in [1.54, 1.807) is 28.4 Å². The number of hydrogen-bond acceptors (Lipinski definition) is 4. The smallest absolute Gasteiger partial charge is 0.248 e. The molecule has 2 aromatic rings. The molecule has 2 aliphatic heterocycles. The molecular weight excluding hydrogens is 388 g/mol. The van der Waals surface area contributed by atoms with E-state index >= 15 is 0 Å². The fourth-order valence-electron chi connectivity index (χ4n) is 3.79. The number of rotatable bonds is 4. The Hall–Kier alpha value is -1.92. The van der Waals surface area contributed by atoms with Gasteiger partial charge in [-0.2, -0.15) is 0 Å². The number of anilines is 1. The molecule has 0 saturated carbocycles. The quantitative estimate of drug-likeness (QED) is 0.780. The second-order valence-corrected chi connectivity index (χ2v) is 10.3. The summed E-state index contributed by atoms with van der Waals surface area (Å²) >= 11 is 3.44. The molecule has 0 spiro atoms. The first-order chi connectivity index (χ1) is 13.4. The van der Waals surface area contributed by atoms with Crippen molar-refractivity contribution in [3.8, 4) is 0 Å². The predicted molar refractivity (Wildman–Crippen MR) is 116 cm³/mol. The molecule has 1 N–H and O–H groups in total. The molecule has 0 bridgehead atoms. The Balaban J connectivity index is 1.43. The molecular formula is C22H24N2O2S2. The SMILES string of the molecule is Cc1ccc(C)c(Sc2ccc(NC(=O)C3CSC4(C)CCC(=O)N34)cc2)c1. The first kappa shape index (κ1) is 19.4. The van der Waals surface area contributed by atoms with Crippen molar-refractivity contribution in [3.05, 3.63) is 53.6 Å². The van der Waals surface area contributed by atoms with Crippen LogP contribution in [0, 0.1) is 13.8 Å². The normalized spacial score (nSPS) is 23.8. The summed E-state index contributed by atoms with van der Waals surface area (Å²) in [5, 5.41) is 2.99. The van der Waals surface area contributed by atoms with Crippen LogP contribution in [0.25, 0.3) is 0 Å². The van der Waals surface area contributed by atoms with Gasteiger partial charge in [-0.05, 0) is 68.7 Å². The molecule has 0 radical (unpaired) electrons. The van der Waals surface area contributed by atoms with Crippen LogP contribution in [0.5, 0.6) is 0 Å². The van der Waals surface area contributed by atoms with E-state index in [0.29, 0.717) is 12.2 Å². The molecule has 4 nitrogen and oxygen atoms in total. The highest BCUT2D eigenvalue weighted by atomic mass is 32.2. The Bertz CT molecular complexity index is 929. The second kappa shape index (κ2) is 7.48. The van der Waals surface area contributed by atoms with Crippen molar-refractivity contribution < 1.29 is 9.59 Å². The van der Waals surface area contributed by atoms with Gasteiger partial charge in [0.1, 0.15) is 6.04 Å². The zero-order valence-corrected chi connectivity index (χ0v) is 18.0. The molecule has 2 atom stereocenters. The van der Waals surface area contributed by atoms with Gasteiger partial charge in [-0.1, -0.05) is 23.9 Å². The summed E-state index contributed by atoms with van der Waals surface area (Å²) in [6.45, 7) is 6.28. The van der Waals surface area contributed by atoms with Crippen molar-refractivity contribution in [1.29, 1.82) is 0 Å². The van der Waals surface area contributed by atoms with Crippen LogP contribution in [-0.2, 0) is 9.59 Å². The first-order valence-electron chi connectivity index (χ1n) is 9.48. The number of amides is 2. The van der Waals surface area contributed by atoms with Crippen LogP contribution >= 0.6 is 23.5 Å². The van der Waals surface area contributed by atoms with Crippen LogP contribution in [0.2, 0.25) is 0 Å². The summed E-state index contributed by atoms with van der Waals surface area (Å²) in [7, 11) is 0. The summed E-state index contributed by atoms with van der Waals surface area (Å²) in [4.78, 5) is 29.0. The molecule has 28 heavy (non-hydrogen) atoms. The topological polar surface area (TPSA) is 49.4 Å². The fraction of sp³-hybridized carbons (Fsp3) is 0.364. The Labute approximate surface area is 174 Å². The van der Waals surface area contributed by atoms with Crippen LogP contribution < -0.4 is 5.32 Å². The molecule has 2 fully saturated rings. The number of benzene rings is 2. The zero-order chi connectivity index (χ0) is 19.9. The first-order valence-corrected chi connectivity index (χ1v) is 11.3. The van der Waals surface area contributed by atoms with Gasteiger partial charge < -0.3 is 10.2 Å². The van der Waals surface area contributed by atoms with Gasteiger partial charge >= 0.3 is 0 Å². The summed E-state index contributed by atoms with van der Waals surface area (Å²) in [6.07, 6.45) is 1.36. The predicted octanol–water partition coefficient (Wildman–Crippen LogP) is 4.85. The fourth-order valence-corrected chi connectivity index (χ4v) is 6.22. The molecule has 2 heterocycles. The zero-order valence-electron chi connectivity index (χ0n) is 16.3. The third-order valence-corrected chi connectivity index (χ3v) is 8.11. The Morgan fingerprint density at radius 2 is 1.96 bits per heavy atom. The maximum atomic E-state index is 12.8. The molecule has 4 rings (SSSR count). The summed E-state index contributed by atoms with van der Waals surface area (Å²) in [6, 6.07) is 14.0. The molecule has 2 amide bonds. The van der Waals surface area contributed by atoms with Crippen LogP contribution in [-0.4, -0.2) is 33.4 Å². The van der Waals surface area contributed by atoms with Crippen LogP contribution in [0.4, 0.5) is 5.69 Å². The summed E-state index contributed by atoms with van der Waals surface area (Å²) in [5.41, 5.74) is 3.26. The van der Waals surface area contributed by atoms with Gasteiger partial charge in [0.15, 0.2) is 0 Å². The van der Waals surface area contributed by atoms with Crippen molar-refractivity contribution in [2.45, 2.75) is 54.3 Å². The van der Waals surface area contributed by atoms with Crippen LogP contribution in [0.15, 0.2) is 52.3 Å². The van der Waals surface area contributed by atoms with Crippen molar-refractivity contribution in [3.63, 3.8) is 0 Å². The molecule has 0 aliphatic carbocycles. The Morgan fingerprint density at radius 3 is 2.71 bits per heavy atom. The second-order valence-electron chi connectivity index (χ2n) is 7.65. The molecule has 0 aromatic heterocycles. The average Bonchev–Trinajstić information content (AvgIpc) is 3.16. The van der Waals surface area contributed by atoms with E-state index in [1.807, 2.05) is 24.3 Å². The molecule has 2 unspecified atom stereocenters. The van der Waals surface area contributed by atoms with Gasteiger partial charge in [0.25, 0.3) is 0 Å². The van der Waals surface area contributed by atoms with E-state index in [2.05, 4.69) is 44.3 Å². The third kappa shape index (κ3) is 3.67. The third-order valence-electron chi connectivity index (χ3n) is 5.44. The maximum absolute atomic E-state index is 12.8. The van der Waals surface area contributed by atoms with Crippen LogP contribution in [0.3, 0.4) is 0 Å². The number of carbonyl (C=O) groups excluding carboxylic acids is 2. The van der Waals surface area contributed by atoms with Crippen molar-refractivity contribution >= 4 is 41.0 Å². The molecule has 2 aliphatic rings.